The largest absolute Gasteiger partial charge is 0.385 e. The quantitative estimate of drug-likeness (QED) is 0.218. The fourth-order valence-corrected chi connectivity index (χ4v) is 3.91. The molecule has 0 saturated carbocycles. The van der Waals surface area contributed by atoms with Crippen LogP contribution in [0.4, 0.5) is 0 Å². The number of hydrogen-bond donors (Lipinski definition) is 1. The highest BCUT2D eigenvalue weighted by Crippen LogP contribution is 2.16. The van der Waals surface area contributed by atoms with E-state index in [0.29, 0.717) is 12.1 Å². The first kappa shape index (κ1) is 24.9. The van der Waals surface area contributed by atoms with Crippen LogP contribution in [0.3, 0.4) is 0 Å². The smallest absolute Gasteiger partial charge is 0.193 e. The van der Waals surface area contributed by atoms with Crippen LogP contribution in [-0.2, 0) is 9.47 Å². The molecule has 0 aromatic heterocycles. The molecule has 0 amide bonds. The highest BCUT2D eigenvalue weighted by atomic mass is 127. The van der Waals surface area contributed by atoms with Gasteiger partial charge in [0.1, 0.15) is 0 Å². The van der Waals surface area contributed by atoms with E-state index in [9.17, 15) is 0 Å². The van der Waals surface area contributed by atoms with Gasteiger partial charge >= 0.3 is 0 Å². The van der Waals surface area contributed by atoms with Crippen LogP contribution in [0.15, 0.2) is 4.99 Å². The van der Waals surface area contributed by atoms with Gasteiger partial charge in [0, 0.05) is 46.0 Å². The first-order valence-corrected chi connectivity index (χ1v) is 10.7. The Morgan fingerprint density at radius 1 is 1.11 bits per heavy atom. The summed E-state index contributed by atoms with van der Waals surface area (Å²) in [6.45, 7) is 12.4. The van der Waals surface area contributed by atoms with E-state index in [1.807, 2.05) is 0 Å². The van der Waals surface area contributed by atoms with Crippen molar-refractivity contribution in [2.45, 2.75) is 64.5 Å². The zero-order valence-corrected chi connectivity index (χ0v) is 20.0. The number of piperidine rings is 1. The SMILES string of the molecule is CCNC(=NCC(CC)N1CCCC1)N1CCC(OCCCOC)CC1.I. The molecule has 1 unspecified atom stereocenters. The van der Waals surface area contributed by atoms with Crippen LogP contribution in [0.2, 0.25) is 0 Å². The summed E-state index contributed by atoms with van der Waals surface area (Å²) in [7, 11) is 1.74. The molecular weight excluding hydrogens is 455 g/mol. The Morgan fingerprint density at radius 2 is 1.81 bits per heavy atom. The summed E-state index contributed by atoms with van der Waals surface area (Å²) in [5.41, 5.74) is 0. The maximum atomic E-state index is 5.98. The molecule has 2 aliphatic rings. The molecule has 0 bridgehead atoms. The van der Waals surface area contributed by atoms with Gasteiger partial charge in [-0.25, -0.2) is 0 Å². The van der Waals surface area contributed by atoms with Crippen molar-refractivity contribution in [1.29, 1.82) is 0 Å². The number of likely N-dealkylation sites (tertiary alicyclic amines) is 2. The Kier molecular flexibility index (Phi) is 13.7. The van der Waals surface area contributed by atoms with Crippen molar-refractivity contribution in [3.8, 4) is 0 Å². The fraction of sp³-hybridized carbons (Fsp3) is 0.950. The number of aliphatic imine (C=N–C) groups is 1. The molecule has 2 saturated heterocycles. The second-order valence-electron chi connectivity index (χ2n) is 7.40. The number of methoxy groups -OCH3 is 1. The normalized spacial score (nSPS) is 20.6. The predicted molar refractivity (Wildman–Crippen MR) is 123 cm³/mol. The molecule has 1 atom stereocenters. The summed E-state index contributed by atoms with van der Waals surface area (Å²) in [6, 6.07) is 0.591. The lowest BCUT2D eigenvalue weighted by Gasteiger charge is -2.34. The van der Waals surface area contributed by atoms with Crippen LogP contribution < -0.4 is 5.32 Å². The molecule has 7 heteroatoms. The molecule has 2 fully saturated rings. The van der Waals surface area contributed by atoms with E-state index in [1.54, 1.807) is 7.11 Å². The third kappa shape index (κ3) is 8.83. The van der Waals surface area contributed by atoms with E-state index in [-0.39, 0.29) is 24.0 Å². The molecule has 2 heterocycles. The summed E-state index contributed by atoms with van der Waals surface area (Å²) < 4.78 is 11.1. The van der Waals surface area contributed by atoms with Crippen molar-refractivity contribution >= 4 is 29.9 Å². The zero-order chi connectivity index (χ0) is 18.6. The average molecular weight is 496 g/mol. The molecule has 0 aliphatic carbocycles. The second-order valence-corrected chi connectivity index (χ2v) is 7.40. The molecule has 1 N–H and O–H groups in total. The zero-order valence-electron chi connectivity index (χ0n) is 17.6. The van der Waals surface area contributed by atoms with Crippen molar-refractivity contribution in [1.82, 2.24) is 15.1 Å². The highest BCUT2D eigenvalue weighted by Gasteiger charge is 2.23. The summed E-state index contributed by atoms with van der Waals surface area (Å²) >= 11 is 0. The van der Waals surface area contributed by atoms with Crippen molar-refractivity contribution in [3.05, 3.63) is 0 Å². The number of nitrogens with one attached hydrogen (secondary N) is 1. The topological polar surface area (TPSA) is 49.3 Å². The molecule has 0 aromatic carbocycles. The van der Waals surface area contributed by atoms with Crippen LogP contribution in [-0.4, -0.2) is 87.5 Å². The van der Waals surface area contributed by atoms with Gasteiger partial charge in [0.05, 0.1) is 12.6 Å². The lowest BCUT2D eigenvalue weighted by atomic mass is 10.1. The Balaban J connectivity index is 0.00000364. The Hall–Kier alpha value is -0.120. The first-order chi connectivity index (χ1) is 12.8. The van der Waals surface area contributed by atoms with Gasteiger partial charge < -0.3 is 19.7 Å². The highest BCUT2D eigenvalue weighted by molar-refractivity contribution is 14.0. The van der Waals surface area contributed by atoms with Gasteiger partial charge in [-0.3, -0.25) is 9.89 Å². The van der Waals surface area contributed by atoms with E-state index in [2.05, 4.69) is 29.0 Å². The summed E-state index contributed by atoms with van der Waals surface area (Å²) in [5.74, 6) is 1.09. The number of ether oxygens (including phenoxy) is 2. The van der Waals surface area contributed by atoms with Gasteiger partial charge in [-0.1, -0.05) is 6.92 Å². The third-order valence-electron chi connectivity index (χ3n) is 5.50. The van der Waals surface area contributed by atoms with Gasteiger partial charge in [0.15, 0.2) is 5.96 Å². The molecule has 27 heavy (non-hydrogen) atoms. The lowest BCUT2D eigenvalue weighted by Crippen LogP contribution is -2.47. The predicted octanol–water partition coefficient (Wildman–Crippen LogP) is 2.96. The molecule has 160 valence electrons. The van der Waals surface area contributed by atoms with Crippen molar-refractivity contribution in [2.75, 3.05) is 59.6 Å². The monoisotopic (exact) mass is 496 g/mol. The van der Waals surface area contributed by atoms with Crippen molar-refractivity contribution < 1.29 is 9.47 Å². The van der Waals surface area contributed by atoms with Crippen molar-refractivity contribution in [3.63, 3.8) is 0 Å². The number of halogens is 1. The molecule has 0 radical (unpaired) electrons. The summed E-state index contributed by atoms with van der Waals surface area (Å²) in [6.07, 6.45) is 7.41. The lowest BCUT2D eigenvalue weighted by molar-refractivity contribution is 0.00988. The Bertz CT molecular complexity index is 397. The van der Waals surface area contributed by atoms with E-state index in [0.717, 1.165) is 64.6 Å². The maximum Gasteiger partial charge on any atom is 0.193 e. The first-order valence-electron chi connectivity index (χ1n) is 10.7. The molecule has 2 aliphatic heterocycles. The van der Waals surface area contributed by atoms with Gasteiger partial charge in [-0.15, -0.1) is 24.0 Å². The number of nitrogens with zero attached hydrogens (tertiary/aromatic N) is 3. The summed E-state index contributed by atoms with van der Waals surface area (Å²) in [5, 5.41) is 3.50. The number of hydrogen-bond acceptors (Lipinski definition) is 4. The molecular formula is C20H41IN4O2. The molecule has 0 aromatic rings. The van der Waals surface area contributed by atoms with E-state index in [4.69, 9.17) is 14.5 Å². The summed E-state index contributed by atoms with van der Waals surface area (Å²) in [4.78, 5) is 10.0. The van der Waals surface area contributed by atoms with E-state index >= 15 is 0 Å². The standard InChI is InChI=1S/C20H40N4O2.HI/c1-4-18(23-11-6-7-12-23)17-22-20(21-5-2)24-13-9-19(10-14-24)26-16-8-15-25-3;/h18-19H,4-17H2,1-3H3,(H,21,22);1H. The van der Waals surface area contributed by atoms with Gasteiger partial charge in [0.2, 0.25) is 0 Å². The Labute approximate surface area is 183 Å². The second kappa shape index (κ2) is 14.8. The van der Waals surface area contributed by atoms with Crippen LogP contribution in [0.1, 0.15) is 52.4 Å². The van der Waals surface area contributed by atoms with Gasteiger partial charge in [-0.05, 0) is 58.5 Å². The van der Waals surface area contributed by atoms with Crippen LogP contribution in [0.25, 0.3) is 0 Å². The van der Waals surface area contributed by atoms with Crippen LogP contribution >= 0.6 is 24.0 Å². The van der Waals surface area contributed by atoms with Crippen LogP contribution in [0, 0.1) is 0 Å². The number of rotatable bonds is 10. The Morgan fingerprint density at radius 3 is 2.41 bits per heavy atom. The maximum absolute atomic E-state index is 5.98. The molecule has 6 nitrogen and oxygen atoms in total. The number of guanidine groups is 1. The minimum atomic E-state index is 0. The van der Waals surface area contributed by atoms with E-state index in [1.165, 1.54) is 32.4 Å². The molecule has 2 rings (SSSR count). The van der Waals surface area contributed by atoms with Crippen LogP contribution in [0.5, 0.6) is 0 Å². The van der Waals surface area contributed by atoms with Gasteiger partial charge in [-0.2, -0.15) is 0 Å². The van der Waals surface area contributed by atoms with Crippen molar-refractivity contribution in [2.24, 2.45) is 4.99 Å². The minimum Gasteiger partial charge on any atom is -0.385 e. The van der Waals surface area contributed by atoms with Gasteiger partial charge in [0.25, 0.3) is 0 Å². The van der Waals surface area contributed by atoms with E-state index < -0.39 is 0 Å². The fourth-order valence-electron chi connectivity index (χ4n) is 3.91. The average Bonchev–Trinajstić information content (AvgIpc) is 3.20. The third-order valence-corrected chi connectivity index (χ3v) is 5.50. The minimum absolute atomic E-state index is 0. The molecule has 0 spiro atoms.